The van der Waals surface area contributed by atoms with Crippen LogP contribution in [0.3, 0.4) is 0 Å². The molecule has 1 atom stereocenters. The summed E-state index contributed by atoms with van der Waals surface area (Å²) in [5.41, 5.74) is 6.17. The lowest BCUT2D eigenvalue weighted by molar-refractivity contribution is 0.0974. The Kier molecular flexibility index (Phi) is 3.77. The van der Waals surface area contributed by atoms with Crippen molar-refractivity contribution in [1.82, 2.24) is 0 Å². The maximum Gasteiger partial charge on any atom is 0.164 e. The number of rotatable bonds is 4. The topological polar surface area (TPSA) is 43.1 Å². The van der Waals surface area contributed by atoms with Gasteiger partial charge >= 0.3 is 0 Å². The van der Waals surface area contributed by atoms with E-state index in [1.807, 2.05) is 6.92 Å². The van der Waals surface area contributed by atoms with Crippen molar-refractivity contribution in [2.75, 3.05) is 0 Å². The Morgan fingerprint density at radius 2 is 2.00 bits per heavy atom. The molecule has 0 saturated heterocycles. The van der Waals surface area contributed by atoms with Gasteiger partial charge in [-0.05, 0) is 30.7 Å². The second kappa shape index (κ2) is 4.86. The number of nitrogens with two attached hydrogens (primary N) is 1. The van der Waals surface area contributed by atoms with E-state index in [1.165, 1.54) is 24.3 Å². The van der Waals surface area contributed by atoms with Crippen molar-refractivity contribution in [2.24, 2.45) is 5.73 Å². The summed E-state index contributed by atoms with van der Waals surface area (Å²) in [4.78, 5) is 11.5. The fraction of sp³-hybridized carbons (Fsp3) is 0.364. The number of Topliss-reactive ketones (excluding diaryl/α,β-unsaturated/α-hetero) is 1. The highest BCUT2D eigenvalue weighted by molar-refractivity contribution is 5.96. The quantitative estimate of drug-likeness (QED) is 0.748. The van der Waals surface area contributed by atoms with Crippen LogP contribution in [0.1, 0.15) is 30.1 Å². The molecule has 0 spiro atoms. The van der Waals surface area contributed by atoms with Crippen LogP contribution in [0.5, 0.6) is 0 Å². The second-order valence-electron chi connectivity index (χ2n) is 3.30. The van der Waals surface area contributed by atoms with Gasteiger partial charge in [0.25, 0.3) is 0 Å². The normalized spacial score (nSPS) is 12.5. The number of halogens is 1. The SMILES string of the molecule is CCC(N)CC(=O)c1ccc(F)cc1. The fourth-order valence-corrected chi connectivity index (χ4v) is 1.14. The summed E-state index contributed by atoms with van der Waals surface area (Å²) in [6.45, 7) is 1.93. The molecule has 0 aliphatic rings. The molecular formula is C11H14FNO. The fourth-order valence-electron chi connectivity index (χ4n) is 1.14. The molecule has 0 fully saturated rings. The molecule has 1 rings (SSSR count). The number of ketones is 1. The molecule has 0 aromatic heterocycles. The minimum Gasteiger partial charge on any atom is -0.327 e. The molecule has 76 valence electrons. The number of carbonyl (C=O) groups excluding carboxylic acids is 1. The number of benzene rings is 1. The van der Waals surface area contributed by atoms with Crippen molar-refractivity contribution in [3.63, 3.8) is 0 Å². The van der Waals surface area contributed by atoms with Crippen molar-refractivity contribution < 1.29 is 9.18 Å². The first-order valence-electron chi connectivity index (χ1n) is 4.67. The third-order valence-corrected chi connectivity index (χ3v) is 2.14. The van der Waals surface area contributed by atoms with Gasteiger partial charge in [0.05, 0.1) is 0 Å². The van der Waals surface area contributed by atoms with Crippen LogP contribution in [0, 0.1) is 5.82 Å². The van der Waals surface area contributed by atoms with E-state index < -0.39 is 0 Å². The van der Waals surface area contributed by atoms with Crippen LogP contribution in [0.4, 0.5) is 4.39 Å². The summed E-state index contributed by atoms with van der Waals surface area (Å²) >= 11 is 0. The third kappa shape index (κ3) is 2.92. The predicted octanol–water partition coefficient (Wildman–Crippen LogP) is 2.14. The zero-order valence-corrected chi connectivity index (χ0v) is 8.16. The van der Waals surface area contributed by atoms with Gasteiger partial charge in [0.15, 0.2) is 5.78 Å². The molecule has 0 bridgehead atoms. The van der Waals surface area contributed by atoms with Crippen LogP contribution in [0.2, 0.25) is 0 Å². The van der Waals surface area contributed by atoms with Gasteiger partial charge in [-0.25, -0.2) is 4.39 Å². The van der Waals surface area contributed by atoms with Crippen LogP contribution in [-0.4, -0.2) is 11.8 Å². The van der Waals surface area contributed by atoms with Gasteiger partial charge in [-0.2, -0.15) is 0 Å². The molecule has 1 aromatic carbocycles. The van der Waals surface area contributed by atoms with E-state index in [0.717, 1.165) is 6.42 Å². The monoisotopic (exact) mass is 195 g/mol. The Morgan fingerprint density at radius 3 is 2.50 bits per heavy atom. The molecule has 0 heterocycles. The van der Waals surface area contributed by atoms with Crippen molar-refractivity contribution >= 4 is 5.78 Å². The van der Waals surface area contributed by atoms with Crippen molar-refractivity contribution in [3.8, 4) is 0 Å². The zero-order chi connectivity index (χ0) is 10.6. The molecule has 2 nitrogen and oxygen atoms in total. The highest BCUT2D eigenvalue weighted by Gasteiger charge is 2.09. The third-order valence-electron chi connectivity index (χ3n) is 2.14. The first-order chi connectivity index (χ1) is 6.63. The Morgan fingerprint density at radius 1 is 1.43 bits per heavy atom. The van der Waals surface area contributed by atoms with E-state index in [4.69, 9.17) is 5.73 Å². The number of hydrogen-bond acceptors (Lipinski definition) is 2. The summed E-state index contributed by atoms with van der Waals surface area (Å²) < 4.78 is 12.5. The van der Waals surface area contributed by atoms with Crippen LogP contribution >= 0.6 is 0 Å². The van der Waals surface area contributed by atoms with Gasteiger partial charge in [-0.15, -0.1) is 0 Å². The molecule has 14 heavy (non-hydrogen) atoms. The van der Waals surface area contributed by atoms with Gasteiger partial charge in [-0.1, -0.05) is 6.92 Å². The minimum atomic E-state index is -0.332. The second-order valence-corrected chi connectivity index (χ2v) is 3.30. The van der Waals surface area contributed by atoms with Crippen LogP contribution < -0.4 is 5.73 Å². The van der Waals surface area contributed by atoms with Crippen molar-refractivity contribution in [1.29, 1.82) is 0 Å². The molecule has 3 heteroatoms. The van der Waals surface area contributed by atoms with Gasteiger partial charge in [0.1, 0.15) is 5.82 Å². The first kappa shape index (κ1) is 10.9. The molecular weight excluding hydrogens is 181 g/mol. The molecule has 2 N–H and O–H groups in total. The summed E-state index contributed by atoms with van der Waals surface area (Å²) in [5, 5.41) is 0. The average molecular weight is 195 g/mol. The lowest BCUT2D eigenvalue weighted by atomic mass is 10.0. The van der Waals surface area contributed by atoms with E-state index in [-0.39, 0.29) is 17.6 Å². The smallest absolute Gasteiger partial charge is 0.164 e. The molecule has 0 saturated carbocycles. The van der Waals surface area contributed by atoms with Crippen LogP contribution in [0.15, 0.2) is 24.3 Å². The van der Waals surface area contributed by atoms with Gasteiger partial charge in [0.2, 0.25) is 0 Å². The van der Waals surface area contributed by atoms with Gasteiger partial charge in [-0.3, -0.25) is 4.79 Å². The Hall–Kier alpha value is -1.22. The van der Waals surface area contributed by atoms with E-state index in [9.17, 15) is 9.18 Å². The van der Waals surface area contributed by atoms with E-state index >= 15 is 0 Å². The van der Waals surface area contributed by atoms with E-state index in [0.29, 0.717) is 12.0 Å². The number of hydrogen-bond donors (Lipinski definition) is 1. The van der Waals surface area contributed by atoms with Crippen molar-refractivity contribution in [3.05, 3.63) is 35.6 Å². The molecule has 0 aliphatic heterocycles. The summed E-state index contributed by atoms with van der Waals surface area (Å²) in [6.07, 6.45) is 1.09. The standard InChI is InChI=1S/C11H14FNO/c1-2-10(13)7-11(14)8-3-5-9(12)6-4-8/h3-6,10H,2,7,13H2,1H3. The molecule has 0 radical (unpaired) electrons. The maximum atomic E-state index is 12.5. The maximum absolute atomic E-state index is 12.5. The van der Waals surface area contributed by atoms with E-state index in [1.54, 1.807) is 0 Å². The van der Waals surface area contributed by atoms with Crippen molar-refractivity contribution in [2.45, 2.75) is 25.8 Å². The largest absolute Gasteiger partial charge is 0.327 e. The van der Waals surface area contributed by atoms with Gasteiger partial charge in [0, 0.05) is 18.0 Å². The molecule has 1 unspecified atom stereocenters. The zero-order valence-electron chi connectivity index (χ0n) is 8.16. The van der Waals surface area contributed by atoms with E-state index in [2.05, 4.69) is 0 Å². The number of carbonyl (C=O) groups is 1. The molecule has 0 aliphatic carbocycles. The van der Waals surface area contributed by atoms with Crippen LogP contribution in [0.25, 0.3) is 0 Å². The van der Waals surface area contributed by atoms with Gasteiger partial charge < -0.3 is 5.73 Å². The highest BCUT2D eigenvalue weighted by Crippen LogP contribution is 2.07. The summed E-state index contributed by atoms with van der Waals surface area (Å²) in [7, 11) is 0. The molecule has 0 amide bonds. The summed E-state index contributed by atoms with van der Waals surface area (Å²) in [5.74, 6) is -0.360. The van der Waals surface area contributed by atoms with Crippen LogP contribution in [-0.2, 0) is 0 Å². The Balaban J connectivity index is 2.65. The molecule has 1 aromatic rings. The highest BCUT2D eigenvalue weighted by atomic mass is 19.1. The average Bonchev–Trinajstić information content (AvgIpc) is 2.18. The predicted molar refractivity (Wildman–Crippen MR) is 53.6 cm³/mol. The Bertz CT molecular complexity index is 308. The lowest BCUT2D eigenvalue weighted by Gasteiger charge is -2.06. The first-order valence-corrected chi connectivity index (χ1v) is 4.67. The minimum absolute atomic E-state index is 0.0284. The Labute approximate surface area is 82.9 Å². The summed E-state index contributed by atoms with van der Waals surface area (Å²) in [6, 6.07) is 5.43. The lowest BCUT2D eigenvalue weighted by Crippen LogP contribution is -2.22.